The maximum Gasteiger partial charge on any atom is 0.291 e. The average Bonchev–Trinajstić information content (AvgIpc) is 2.31. The van der Waals surface area contributed by atoms with E-state index in [1.807, 2.05) is 13.8 Å². The third kappa shape index (κ3) is 3.19. The largest absolute Gasteiger partial charge is 0.364 e. The van der Waals surface area contributed by atoms with Crippen LogP contribution in [0.3, 0.4) is 0 Å². The quantitative estimate of drug-likeness (QED) is 0.866. The molecule has 5 heteroatoms. The van der Waals surface area contributed by atoms with E-state index in [1.165, 1.54) is 23.9 Å². The van der Waals surface area contributed by atoms with E-state index >= 15 is 0 Å². The molecule has 0 unspecified atom stereocenters. The van der Waals surface area contributed by atoms with Crippen LogP contribution in [0.25, 0.3) is 0 Å². The Morgan fingerprint density at radius 2 is 2.32 bits per heavy atom. The molecule has 0 bridgehead atoms. The molecular formula is C14H18BrN3O. The fourth-order valence-electron chi connectivity index (χ4n) is 1.98. The number of anilines is 1. The number of aromatic nitrogens is 2. The molecule has 1 saturated carbocycles. The molecule has 1 aromatic heterocycles. The van der Waals surface area contributed by atoms with Gasteiger partial charge in [-0.25, -0.2) is 4.68 Å². The van der Waals surface area contributed by atoms with E-state index < -0.39 is 5.54 Å². The Kier molecular flexibility index (Phi) is 4.00. The summed E-state index contributed by atoms with van der Waals surface area (Å²) < 4.78 is 2.18. The summed E-state index contributed by atoms with van der Waals surface area (Å²) in [5.74, 6) is 3.21. The lowest BCUT2D eigenvalue weighted by Gasteiger charge is -2.26. The Morgan fingerprint density at radius 1 is 1.63 bits per heavy atom. The molecule has 1 aliphatic carbocycles. The minimum Gasteiger partial charge on any atom is -0.364 e. The molecule has 2 rings (SSSR count). The summed E-state index contributed by atoms with van der Waals surface area (Å²) in [6.07, 6.45) is 10.7. The van der Waals surface area contributed by atoms with Crippen LogP contribution in [0.15, 0.2) is 15.5 Å². The normalized spacial score (nSPS) is 15.7. The first-order valence-corrected chi connectivity index (χ1v) is 7.24. The molecular weight excluding hydrogens is 306 g/mol. The Morgan fingerprint density at radius 3 is 2.84 bits per heavy atom. The number of hydrogen-bond donors (Lipinski definition) is 1. The molecule has 0 aliphatic heterocycles. The highest BCUT2D eigenvalue weighted by atomic mass is 79.9. The Hall–Kier alpha value is -1.28. The molecule has 1 aliphatic rings. The second-order valence-corrected chi connectivity index (χ2v) is 6.40. The summed E-state index contributed by atoms with van der Waals surface area (Å²) in [7, 11) is 0. The number of rotatable bonds is 4. The molecule has 0 atom stereocenters. The predicted molar refractivity (Wildman–Crippen MR) is 80.1 cm³/mol. The highest BCUT2D eigenvalue weighted by molar-refractivity contribution is 9.10. The summed E-state index contributed by atoms with van der Waals surface area (Å²) >= 11 is 3.35. The average molecular weight is 324 g/mol. The first-order chi connectivity index (χ1) is 8.93. The zero-order valence-corrected chi connectivity index (χ0v) is 12.8. The van der Waals surface area contributed by atoms with Crippen LogP contribution in [0.5, 0.6) is 0 Å². The molecule has 19 heavy (non-hydrogen) atoms. The van der Waals surface area contributed by atoms with Crippen molar-refractivity contribution in [1.82, 2.24) is 9.78 Å². The monoisotopic (exact) mass is 323 g/mol. The van der Waals surface area contributed by atoms with Crippen molar-refractivity contribution < 1.29 is 0 Å². The topological polar surface area (TPSA) is 46.9 Å². The summed E-state index contributed by atoms with van der Waals surface area (Å²) in [6, 6.07) is 0. The van der Waals surface area contributed by atoms with Gasteiger partial charge < -0.3 is 5.32 Å². The summed E-state index contributed by atoms with van der Waals surface area (Å²) in [6.45, 7) is 4.41. The van der Waals surface area contributed by atoms with Crippen molar-refractivity contribution in [2.24, 2.45) is 5.92 Å². The number of terminal acetylenes is 1. The molecule has 1 heterocycles. The van der Waals surface area contributed by atoms with Crippen molar-refractivity contribution >= 4 is 21.6 Å². The lowest BCUT2D eigenvalue weighted by Crippen LogP contribution is -2.36. The van der Waals surface area contributed by atoms with Crippen LogP contribution in [-0.4, -0.2) is 15.3 Å². The third-order valence-corrected chi connectivity index (χ3v) is 4.05. The highest BCUT2D eigenvalue weighted by Gasteiger charge is 2.22. The van der Waals surface area contributed by atoms with Crippen LogP contribution in [0, 0.1) is 18.3 Å². The Labute approximate surface area is 121 Å². The van der Waals surface area contributed by atoms with Crippen LogP contribution < -0.4 is 10.9 Å². The van der Waals surface area contributed by atoms with Crippen LogP contribution in [0.1, 0.15) is 33.1 Å². The van der Waals surface area contributed by atoms with E-state index in [1.54, 1.807) is 6.20 Å². The second-order valence-electron chi connectivity index (χ2n) is 5.55. The molecule has 1 fully saturated rings. The van der Waals surface area contributed by atoms with E-state index in [9.17, 15) is 4.79 Å². The van der Waals surface area contributed by atoms with Crippen molar-refractivity contribution in [2.45, 2.75) is 45.2 Å². The zero-order chi connectivity index (χ0) is 14.0. The van der Waals surface area contributed by atoms with Crippen LogP contribution >= 0.6 is 15.9 Å². The molecule has 1 aromatic rings. The van der Waals surface area contributed by atoms with Gasteiger partial charge in [-0.3, -0.25) is 4.79 Å². The number of hydrogen-bond acceptors (Lipinski definition) is 3. The van der Waals surface area contributed by atoms with Gasteiger partial charge in [0.1, 0.15) is 5.69 Å². The number of nitrogens with one attached hydrogen (secondary N) is 1. The van der Waals surface area contributed by atoms with Gasteiger partial charge in [0.15, 0.2) is 0 Å². The van der Waals surface area contributed by atoms with Gasteiger partial charge in [-0.1, -0.05) is 12.3 Å². The lowest BCUT2D eigenvalue weighted by atomic mass is 9.85. The minimum atomic E-state index is -0.572. The number of halogens is 1. The summed E-state index contributed by atoms with van der Waals surface area (Å²) in [4.78, 5) is 12.4. The van der Waals surface area contributed by atoms with Crippen LogP contribution in [-0.2, 0) is 6.54 Å². The van der Waals surface area contributed by atoms with Gasteiger partial charge >= 0.3 is 0 Å². The standard InChI is InChI=1S/C14H18BrN3O/c1-4-14(2,3)17-12-11(15)8-16-18(13(12)19)9-10-6-5-7-10/h1,8,10,17H,5-7,9H2,2-3H3. The smallest absolute Gasteiger partial charge is 0.291 e. The Balaban J connectivity index is 2.29. The van der Waals surface area contributed by atoms with Gasteiger partial charge in [0.25, 0.3) is 5.56 Å². The van der Waals surface area contributed by atoms with Crippen LogP contribution in [0.4, 0.5) is 5.69 Å². The molecule has 102 valence electrons. The maximum absolute atomic E-state index is 12.4. The lowest BCUT2D eigenvalue weighted by molar-refractivity contribution is 0.262. The summed E-state index contributed by atoms with van der Waals surface area (Å²) in [5.41, 5.74) is -0.209. The van der Waals surface area contributed by atoms with E-state index in [4.69, 9.17) is 6.42 Å². The summed E-state index contributed by atoms with van der Waals surface area (Å²) in [5, 5.41) is 7.28. The molecule has 0 amide bonds. The van der Waals surface area contributed by atoms with Gasteiger partial charge in [-0.2, -0.15) is 5.10 Å². The zero-order valence-electron chi connectivity index (χ0n) is 11.2. The van der Waals surface area contributed by atoms with Crippen LogP contribution in [0.2, 0.25) is 0 Å². The predicted octanol–water partition coefficient (Wildman–Crippen LogP) is 2.63. The van der Waals surface area contributed by atoms with Crippen molar-refractivity contribution in [3.8, 4) is 12.3 Å². The Bertz CT molecular complexity index is 567. The van der Waals surface area contributed by atoms with Gasteiger partial charge in [0, 0.05) is 6.54 Å². The van der Waals surface area contributed by atoms with Gasteiger partial charge in [0.05, 0.1) is 16.2 Å². The van der Waals surface area contributed by atoms with E-state index in [2.05, 4.69) is 32.3 Å². The van der Waals surface area contributed by atoms with Crippen molar-refractivity contribution in [2.75, 3.05) is 5.32 Å². The maximum atomic E-state index is 12.4. The fraction of sp³-hybridized carbons (Fsp3) is 0.571. The van der Waals surface area contributed by atoms with Gasteiger partial charge in [-0.05, 0) is 48.5 Å². The molecule has 1 N–H and O–H groups in total. The third-order valence-electron chi connectivity index (χ3n) is 3.45. The first kappa shape index (κ1) is 14.1. The number of nitrogens with zero attached hydrogens (tertiary/aromatic N) is 2. The minimum absolute atomic E-state index is 0.121. The van der Waals surface area contributed by atoms with E-state index in [0.29, 0.717) is 22.6 Å². The SMILES string of the molecule is C#CC(C)(C)Nc1c(Br)cnn(CC2CCC2)c1=O. The molecule has 0 aromatic carbocycles. The fourth-order valence-corrected chi connectivity index (χ4v) is 2.34. The molecule has 0 radical (unpaired) electrons. The molecule has 0 saturated heterocycles. The van der Waals surface area contributed by atoms with Crippen molar-refractivity contribution in [1.29, 1.82) is 0 Å². The van der Waals surface area contributed by atoms with Gasteiger partial charge in [0.2, 0.25) is 0 Å². The molecule has 0 spiro atoms. The van der Waals surface area contributed by atoms with E-state index in [-0.39, 0.29) is 5.56 Å². The highest BCUT2D eigenvalue weighted by Crippen LogP contribution is 2.27. The van der Waals surface area contributed by atoms with E-state index in [0.717, 1.165) is 0 Å². The van der Waals surface area contributed by atoms with Gasteiger partial charge in [-0.15, -0.1) is 6.42 Å². The molecule has 4 nitrogen and oxygen atoms in total. The first-order valence-electron chi connectivity index (χ1n) is 6.44. The van der Waals surface area contributed by atoms with Crippen molar-refractivity contribution in [3.63, 3.8) is 0 Å². The van der Waals surface area contributed by atoms with Crippen molar-refractivity contribution in [3.05, 3.63) is 21.0 Å². The second kappa shape index (κ2) is 5.38.